The first-order chi connectivity index (χ1) is 16.6. The highest BCUT2D eigenvalue weighted by molar-refractivity contribution is 7.99. The van der Waals surface area contributed by atoms with Crippen molar-refractivity contribution in [2.24, 2.45) is 5.41 Å². The van der Waals surface area contributed by atoms with Crippen molar-refractivity contribution in [2.45, 2.75) is 37.4 Å². The molecule has 9 nitrogen and oxygen atoms in total. The topological polar surface area (TPSA) is 132 Å². The van der Waals surface area contributed by atoms with Gasteiger partial charge >= 0.3 is 0 Å². The van der Waals surface area contributed by atoms with Gasteiger partial charge in [0.25, 0.3) is 11.2 Å². The maximum absolute atomic E-state index is 13.1. The smallest absolute Gasteiger partial charge is 0.283 e. The van der Waals surface area contributed by atoms with Crippen LogP contribution in [0.3, 0.4) is 0 Å². The van der Waals surface area contributed by atoms with Gasteiger partial charge < -0.3 is 0 Å². The number of nitro benzene ring substituents is 1. The summed E-state index contributed by atoms with van der Waals surface area (Å²) in [6.07, 6.45) is 6.10. The molecule has 178 valence electrons. The van der Waals surface area contributed by atoms with Gasteiger partial charge in [-0.25, -0.2) is 9.97 Å². The molecule has 0 saturated heterocycles. The van der Waals surface area contributed by atoms with Crippen LogP contribution in [0.15, 0.2) is 64.2 Å². The third-order valence-electron chi connectivity index (χ3n) is 4.67. The van der Waals surface area contributed by atoms with E-state index >= 15 is 0 Å². The number of Topliss-reactive ketones (excluding diaryl/α,β-unsaturated/α-hetero) is 1. The number of nitriles is 1. The SMILES string of the molecule is C=CCn1c(=O)/c(=C/c2ccc(Sc3ncccn3)c([N+](=O)[O-])c2)s/c1=C(/C#N)C(=O)C(C)(C)C. The number of carbonyl (C=O) groups excluding carboxylic acids is 1. The van der Waals surface area contributed by atoms with E-state index in [1.54, 1.807) is 51.4 Å². The molecular formula is C24H21N5O4S2. The quantitative estimate of drug-likeness (QED) is 0.206. The minimum Gasteiger partial charge on any atom is -0.294 e. The zero-order valence-electron chi connectivity index (χ0n) is 19.2. The van der Waals surface area contributed by atoms with Crippen molar-refractivity contribution in [1.82, 2.24) is 14.5 Å². The van der Waals surface area contributed by atoms with Gasteiger partial charge in [0.05, 0.1) is 14.4 Å². The number of hydrogen-bond donors (Lipinski definition) is 0. The summed E-state index contributed by atoms with van der Waals surface area (Å²) in [4.78, 5) is 45.7. The first-order valence-corrected chi connectivity index (χ1v) is 11.9. The molecule has 11 heteroatoms. The van der Waals surface area contributed by atoms with Gasteiger partial charge in [-0.2, -0.15) is 5.26 Å². The van der Waals surface area contributed by atoms with Gasteiger partial charge in [0.1, 0.15) is 16.3 Å². The monoisotopic (exact) mass is 507 g/mol. The largest absolute Gasteiger partial charge is 0.294 e. The Hall–Kier alpha value is -3.88. The van der Waals surface area contributed by atoms with E-state index < -0.39 is 15.9 Å². The van der Waals surface area contributed by atoms with Gasteiger partial charge in [-0.1, -0.05) is 32.9 Å². The molecule has 0 saturated carbocycles. The van der Waals surface area contributed by atoms with Crippen LogP contribution in [0.4, 0.5) is 5.69 Å². The molecule has 2 heterocycles. The van der Waals surface area contributed by atoms with E-state index in [0.717, 1.165) is 23.1 Å². The lowest BCUT2D eigenvalue weighted by Gasteiger charge is -2.15. The van der Waals surface area contributed by atoms with Crippen molar-refractivity contribution < 1.29 is 9.72 Å². The van der Waals surface area contributed by atoms with E-state index in [1.165, 1.54) is 22.8 Å². The van der Waals surface area contributed by atoms with Crippen LogP contribution in [0.2, 0.25) is 0 Å². The van der Waals surface area contributed by atoms with Gasteiger partial charge in [-0.15, -0.1) is 17.9 Å². The van der Waals surface area contributed by atoms with Crippen molar-refractivity contribution in [3.8, 4) is 6.07 Å². The van der Waals surface area contributed by atoms with Crippen molar-refractivity contribution in [3.63, 3.8) is 0 Å². The Morgan fingerprint density at radius 1 is 1.34 bits per heavy atom. The number of carbonyl (C=O) groups is 1. The van der Waals surface area contributed by atoms with Crippen LogP contribution in [0.5, 0.6) is 0 Å². The molecule has 0 bridgehead atoms. The standard InChI is InChI=1S/C24H21N5O4S2/c1-5-11-28-21(31)19(34-22(28)16(14-25)20(30)24(2,3)4)13-15-7-8-18(17(12-15)29(32)33)35-23-26-9-6-10-27-23/h5-10,12-13H,1,11H2,2-4H3/b19-13-,22-16-. The van der Waals surface area contributed by atoms with E-state index in [-0.39, 0.29) is 32.8 Å². The van der Waals surface area contributed by atoms with Crippen LogP contribution in [0.1, 0.15) is 26.3 Å². The lowest BCUT2D eigenvalue weighted by Crippen LogP contribution is -2.34. The summed E-state index contributed by atoms with van der Waals surface area (Å²) in [5.41, 5.74) is -1.08. The van der Waals surface area contributed by atoms with Gasteiger partial charge in [0.2, 0.25) is 0 Å². The predicted molar refractivity (Wildman–Crippen MR) is 134 cm³/mol. The molecule has 0 atom stereocenters. The maximum Gasteiger partial charge on any atom is 0.283 e. The molecule has 0 aliphatic carbocycles. The Kier molecular flexibility index (Phi) is 7.78. The summed E-state index contributed by atoms with van der Waals surface area (Å²) >= 11 is 2.05. The molecule has 3 aromatic rings. The third-order valence-corrected chi connectivity index (χ3v) is 6.76. The second kappa shape index (κ2) is 10.6. The molecule has 0 N–H and O–H groups in total. The van der Waals surface area contributed by atoms with Gasteiger partial charge in [0, 0.05) is 30.4 Å². The Morgan fingerprint density at radius 2 is 2.03 bits per heavy atom. The number of ketones is 1. The van der Waals surface area contributed by atoms with Gasteiger partial charge in [0.15, 0.2) is 10.9 Å². The van der Waals surface area contributed by atoms with Crippen LogP contribution >= 0.6 is 23.1 Å². The highest BCUT2D eigenvalue weighted by atomic mass is 32.2. The first kappa shape index (κ1) is 25.7. The lowest BCUT2D eigenvalue weighted by molar-refractivity contribution is -0.387. The van der Waals surface area contributed by atoms with E-state index in [1.807, 2.05) is 6.07 Å². The first-order valence-electron chi connectivity index (χ1n) is 10.3. The molecule has 2 aromatic heterocycles. The molecule has 0 amide bonds. The average Bonchev–Trinajstić information content (AvgIpc) is 3.10. The minimum atomic E-state index is -0.815. The highest BCUT2D eigenvalue weighted by Crippen LogP contribution is 2.33. The van der Waals surface area contributed by atoms with Crippen LogP contribution in [0, 0.1) is 26.9 Å². The van der Waals surface area contributed by atoms with Crippen molar-refractivity contribution in [2.75, 3.05) is 0 Å². The molecule has 0 fully saturated rings. The van der Waals surface area contributed by atoms with E-state index in [0.29, 0.717) is 15.6 Å². The number of nitrogens with zero attached hydrogens (tertiary/aromatic N) is 5. The van der Waals surface area contributed by atoms with Crippen LogP contribution < -0.4 is 14.8 Å². The average molecular weight is 508 g/mol. The Morgan fingerprint density at radius 3 is 2.60 bits per heavy atom. The second-order valence-corrected chi connectivity index (χ2v) is 10.3. The number of thiazole rings is 1. The normalized spacial score (nSPS) is 12.7. The van der Waals surface area contributed by atoms with Crippen molar-refractivity contribution in [1.29, 1.82) is 5.26 Å². The molecule has 35 heavy (non-hydrogen) atoms. The minimum absolute atomic E-state index is 0.105. The maximum atomic E-state index is 13.1. The number of nitro groups is 1. The fourth-order valence-corrected chi connectivity index (χ4v) is 4.92. The summed E-state index contributed by atoms with van der Waals surface area (Å²) in [6.45, 7) is 8.85. The molecule has 0 unspecified atom stereocenters. The zero-order chi connectivity index (χ0) is 25.8. The Labute approximate surface area is 208 Å². The number of aromatic nitrogens is 3. The fourth-order valence-electron chi connectivity index (χ4n) is 3.01. The Balaban J connectivity index is 2.20. The molecule has 3 rings (SSSR count). The summed E-state index contributed by atoms with van der Waals surface area (Å²) < 4.78 is 1.78. The summed E-state index contributed by atoms with van der Waals surface area (Å²) in [5.74, 6) is -0.384. The van der Waals surface area contributed by atoms with Gasteiger partial charge in [-0.05, 0) is 35.5 Å². The predicted octanol–water partition coefficient (Wildman–Crippen LogP) is 3.06. The molecule has 1 aromatic carbocycles. The van der Waals surface area contributed by atoms with Crippen LogP contribution in [-0.2, 0) is 11.3 Å². The number of benzene rings is 1. The van der Waals surface area contributed by atoms with Crippen molar-refractivity contribution in [3.05, 3.63) is 84.5 Å². The zero-order valence-corrected chi connectivity index (χ0v) is 20.9. The summed E-state index contributed by atoms with van der Waals surface area (Å²) in [5, 5.41) is 21.8. The number of hydrogen-bond acceptors (Lipinski definition) is 9. The number of allylic oxidation sites excluding steroid dienone is 1. The van der Waals surface area contributed by atoms with Crippen LogP contribution in [0.25, 0.3) is 11.6 Å². The summed E-state index contributed by atoms with van der Waals surface area (Å²) in [6, 6.07) is 8.16. The van der Waals surface area contributed by atoms with Gasteiger partial charge in [-0.3, -0.25) is 24.3 Å². The molecule has 0 spiro atoms. The molecule has 0 radical (unpaired) electrons. The fraction of sp³-hybridized carbons (Fsp3) is 0.208. The molecule has 0 aliphatic rings. The Bertz CT molecular complexity index is 1530. The van der Waals surface area contributed by atoms with Crippen molar-refractivity contribution >= 4 is 46.2 Å². The van der Waals surface area contributed by atoms with Crippen LogP contribution in [-0.4, -0.2) is 25.2 Å². The molecular weight excluding hydrogens is 486 g/mol. The van der Waals surface area contributed by atoms with E-state index in [9.17, 15) is 25.0 Å². The lowest BCUT2D eigenvalue weighted by atomic mass is 9.87. The summed E-state index contributed by atoms with van der Waals surface area (Å²) in [7, 11) is 0. The third kappa shape index (κ3) is 5.79. The van der Waals surface area contributed by atoms with E-state index in [4.69, 9.17) is 0 Å². The second-order valence-electron chi connectivity index (χ2n) is 8.30. The van der Waals surface area contributed by atoms with E-state index in [2.05, 4.69) is 16.5 Å². The number of rotatable bonds is 7. The highest BCUT2D eigenvalue weighted by Gasteiger charge is 2.27. The molecule has 0 aliphatic heterocycles.